The summed E-state index contributed by atoms with van der Waals surface area (Å²) < 4.78 is 0. The largest absolute Gasteiger partial charge is 0.384 e. The third kappa shape index (κ3) is 4.16. The van der Waals surface area contributed by atoms with E-state index in [4.69, 9.17) is 5.11 Å². The summed E-state index contributed by atoms with van der Waals surface area (Å²) in [5.41, 5.74) is 1.90. The molecule has 0 aliphatic carbocycles. The fraction of sp³-hybridized carbons (Fsp3) is 0.308. The van der Waals surface area contributed by atoms with E-state index in [2.05, 4.69) is 17.2 Å². The molecule has 0 saturated carbocycles. The molecule has 0 atom stereocenters. The van der Waals surface area contributed by atoms with Crippen LogP contribution in [0.4, 0.5) is 0 Å². The van der Waals surface area contributed by atoms with Crippen LogP contribution in [0.25, 0.3) is 0 Å². The van der Waals surface area contributed by atoms with E-state index in [1.807, 2.05) is 31.2 Å². The lowest BCUT2D eigenvalue weighted by Crippen LogP contribution is -2.21. The minimum Gasteiger partial charge on any atom is -0.384 e. The van der Waals surface area contributed by atoms with E-state index in [0.717, 1.165) is 11.1 Å². The van der Waals surface area contributed by atoms with Gasteiger partial charge >= 0.3 is 0 Å². The zero-order chi connectivity index (χ0) is 11.8. The van der Waals surface area contributed by atoms with Crippen molar-refractivity contribution in [3.8, 4) is 11.8 Å². The molecule has 0 aliphatic rings. The highest BCUT2D eigenvalue weighted by Gasteiger charge is 1.97. The number of nitrogens with one attached hydrogen (secondary N) is 1. The molecule has 0 saturated heterocycles. The topological polar surface area (TPSA) is 49.3 Å². The molecule has 0 fully saturated rings. The van der Waals surface area contributed by atoms with Gasteiger partial charge in [0.05, 0.1) is 0 Å². The van der Waals surface area contributed by atoms with Crippen molar-refractivity contribution in [1.82, 2.24) is 5.32 Å². The number of rotatable bonds is 3. The van der Waals surface area contributed by atoms with Gasteiger partial charge in [-0.2, -0.15) is 0 Å². The van der Waals surface area contributed by atoms with Gasteiger partial charge in [-0.1, -0.05) is 30.9 Å². The van der Waals surface area contributed by atoms with Gasteiger partial charge in [0.25, 0.3) is 0 Å². The number of benzene rings is 1. The molecule has 0 bridgehead atoms. The van der Waals surface area contributed by atoms with E-state index in [0.29, 0.717) is 13.0 Å². The molecule has 0 spiro atoms. The number of amides is 1. The molecule has 1 aromatic rings. The Morgan fingerprint density at radius 3 is 2.62 bits per heavy atom. The first-order chi connectivity index (χ1) is 7.76. The molecule has 0 aliphatic heterocycles. The van der Waals surface area contributed by atoms with Gasteiger partial charge in [0.15, 0.2) is 0 Å². The van der Waals surface area contributed by atoms with Crippen molar-refractivity contribution in [2.75, 3.05) is 6.61 Å². The second kappa shape index (κ2) is 6.65. The zero-order valence-electron chi connectivity index (χ0n) is 9.29. The number of aliphatic hydroxyl groups is 1. The van der Waals surface area contributed by atoms with E-state index >= 15 is 0 Å². The summed E-state index contributed by atoms with van der Waals surface area (Å²) in [4.78, 5) is 11.0. The van der Waals surface area contributed by atoms with Gasteiger partial charge < -0.3 is 10.4 Å². The van der Waals surface area contributed by atoms with Crippen LogP contribution in [0.3, 0.4) is 0 Å². The highest BCUT2D eigenvalue weighted by Crippen LogP contribution is 2.02. The Labute approximate surface area is 95.5 Å². The summed E-state index contributed by atoms with van der Waals surface area (Å²) in [6.07, 6.45) is 0.500. The average Bonchev–Trinajstić information content (AvgIpc) is 2.34. The van der Waals surface area contributed by atoms with Crippen molar-refractivity contribution in [2.45, 2.75) is 19.9 Å². The maximum absolute atomic E-state index is 11.0. The molecule has 1 aromatic carbocycles. The summed E-state index contributed by atoms with van der Waals surface area (Å²) in [5.74, 6) is 5.43. The Balaban J connectivity index is 2.54. The zero-order valence-corrected chi connectivity index (χ0v) is 9.29. The van der Waals surface area contributed by atoms with Gasteiger partial charge in [0.2, 0.25) is 5.91 Å². The van der Waals surface area contributed by atoms with Crippen LogP contribution < -0.4 is 5.32 Å². The van der Waals surface area contributed by atoms with E-state index in [1.54, 1.807) is 0 Å². The lowest BCUT2D eigenvalue weighted by molar-refractivity contribution is -0.120. The molecule has 0 heterocycles. The van der Waals surface area contributed by atoms with E-state index in [1.165, 1.54) is 0 Å². The van der Waals surface area contributed by atoms with Crippen molar-refractivity contribution in [2.24, 2.45) is 0 Å². The molecule has 1 amide bonds. The first kappa shape index (κ1) is 12.3. The van der Waals surface area contributed by atoms with Crippen molar-refractivity contribution in [3.05, 3.63) is 35.4 Å². The molecule has 84 valence electrons. The second-order valence-electron chi connectivity index (χ2n) is 3.29. The van der Waals surface area contributed by atoms with Gasteiger partial charge in [-0.3, -0.25) is 4.79 Å². The number of hydrogen-bond donors (Lipinski definition) is 2. The second-order valence-corrected chi connectivity index (χ2v) is 3.29. The van der Waals surface area contributed by atoms with Crippen LogP contribution in [0, 0.1) is 11.8 Å². The predicted molar refractivity (Wildman–Crippen MR) is 62.5 cm³/mol. The molecule has 3 heteroatoms. The first-order valence-corrected chi connectivity index (χ1v) is 5.21. The lowest BCUT2D eigenvalue weighted by Gasteiger charge is -2.03. The Morgan fingerprint density at radius 2 is 2.06 bits per heavy atom. The van der Waals surface area contributed by atoms with Crippen LogP contribution in [0.15, 0.2) is 24.3 Å². The molecule has 0 unspecified atom stereocenters. The monoisotopic (exact) mass is 217 g/mol. The molecule has 0 aromatic heterocycles. The molecule has 0 radical (unpaired) electrons. The van der Waals surface area contributed by atoms with Crippen LogP contribution in [-0.4, -0.2) is 17.6 Å². The fourth-order valence-corrected chi connectivity index (χ4v) is 1.17. The van der Waals surface area contributed by atoms with Crippen molar-refractivity contribution >= 4 is 5.91 Å². The van der Waals surface area contributed by atoms with Gasteiger partial charge in [-0.05, 0) is 17.7 Å². The van der Waals surface area contributed by atoms with Crippen LogP contribution in [0.5, 0.6) is 0 Å². The fourth-order valence-electron chi connectivity index (χ4n) is 1.17. The van der Waals surface area contributed by atoms with Crippen molar-refractivity contribution < 1.29 is 9.90 Å². The summed E-state index contributed by atoms with van der Waals surface area (Å²) >= 11 is 0. The number of carbonyl (C=O) groups is 1. The van der Waals surface area contributed by atoms with E-state index in [9.17, 15) is 4.79 Å². The Hall–Kier alpha value is -1.79. The smallest absolute Gasteiger partial charge is 0.219 e. The third-order valence-corrected chi connectivity index (χ3v) is 2.08. The first-order valence-electron chi connectivity index (χ1n) is 5.21. The highest BCUT2D eigenvalue weighted by atomic mass is 16.2. The van der Waals surface area contributed by atoms with Crippen LogP contribution in [-0.2, 0) is 11.3 Å². The normalized spacial score (nSPS) is 9.12. The lowest BCUT2D eigenvalue weighted by atomic mass is 10.1. The highest BCUT2D eigenvalue weighted by molar-refractivity contribution is 5.75. The maximum Gasteiger partial charge on any atom is 0.219 e. The summed E-state index contributed by atoms with van der Waals surface area (Å²) in [5, 5.41) is 11.3. The van der Waals surface area contributed by atoms with Crippen LogP contribution in [0.2, 0.25) is 0 Å². The molecule has 2 N–H and O–H groups in total. The number of hydrogen-bond acceptors (Lipinski definition) is 2. The van der Waals surface area contributed by atoms with Crippen LogP contribution >= 0.6 is 0 Å². The predicted octanol–water partition coefficient (Wildman–Crippen LogP) is 1.06. The van der Waals surface area contributed by atoms with E-state index in [-0.39, 0.29) is 12.5 Å². The Bertz CT molecular complexity index is 398. The maximum atomic E-state index is 11.0. The minimum absolute atomic E-state index is 0.0455. The molecular weight excluding hydrogens is 202 g/mol. The average molecular weight is 217 g/mol. The Morgan fingerprint density at radius 1 is 1.38 bits per heavy atom. The van der Waals surface area contributed by atoms with Gasteiger partial charge in [-0.25, -0.2) is 0 Å². The quantitative estimate of drug-likeness (QED) is 0.744. The Kier molecular flexibility index (Phi) is 5.10. The van der Waals surface area contributed by atoms with Crippen molar-refractivity contribution in [1.29, 1.82) is 0 Å². The molecule has 3 nitrogen and oxygen atoms in total. The van der Waals surface area contributed by atoms with Crippen molar-refractivity contribution in [3.63, 3.8) is 0 Å². The van der Waals surface area contributed by atoms with Crippen LogP contribution in [0.1, 0.15) is 24.5 Å². The summed E-state index contributed by atoms with van der Waals surface area (Å²) in [6, 6.07) is 7.57. The SMILES string of the molecule is CCC(=O)NCc1ccc(C#CCO)cc1. The van der Waals surface area contributed by atoms with Gasteiger partial charge in [-0.15, -0.1) is 0 Å². The van der Waals surface area contributed by atoms with E-state index < -0.39 is 0 Å². The molecule has 1 rings (SSSR count). The van der Waals surface area contributed by atoms with Gasteiger partial charge in [0.1, 0.15) is 6.61 Å². The number of carbonyl (C=O) groups excluding carboxylic acids is 1. The van der Waals surface area contributed by atoms with Gasteiger partial charge in [0, 0.05) is 18.5 Å². The minimum atomic E-state index is -0.131. The standard InChI is InChI=1S/C13H15NO2/c1-2-13(16)14-10-12-7-5-11(6-8-12)4-3-9-15/h5-8,15H,2,9-10H2,1H3,(H,14,16). The molecular formula is C13H15NO2. The third-order valence-electron chi connectivity index (χ3n) is 2.08. The molecule has 16 heavy (non-hydrogen) atoms. The summed E-state index contributed by atoms with van der Waals surface area (Å²) in [7, 11) is 0. The number of aliphatic hydroxyl groups excluding tert-OH is 1. The summed E-state index contributed by atoms with van der Waals surface area (Å²) in [6.45, 7) is 2.23.